The SMILES string of the molecule is CN(CC1CCCCO1)CC(O)C1CCOC1. The highest BCUT2D eigenvalue weighted by Gasteiger charge is 2.25. The molecule has 0 aromatic heterocycles. The molecule has 3 atom stereocenters. The lowest BCUT2D eigenvalue weighted by Crippen LogP contribution is -2.40. The summed E-state index contributed by atoms with van der Waals surface area (Å²) in [4.78, 5) is 2.19. The van der Waals surface area contributed by atoms with Crippen LogP contribution in [0.3, 0.4) is 0 Å². The molecule has 0 aromatic rings. The van der Waals surface area contributed by atoms with Gasteiger partial charge in [0.2, 0.25) is 0 Å². The van der Waals surface area contributed by atoms with E-state index in [0.717, 1.165) is 45.8 Å². The minimum atomic E-state index is -0.258. The van der Waals surface area contributed by atoms with E-state index >= 15 is 0 Å². The zero-order chi connectivity index (χ0) is 12.1. The highest BCUT2D eigenvalue weighted by molar-refractivity contribution is 4.76. The summed E-state index contributed by atoms with van der Waals surface area (Å²) in [6.07, 6.45) is 4.73. The van der Waals surface area contributed by atoms with Crippen molar-refractivity contribution in [2.24, 2.45) is 5.92 Å². The molecule has 0 radical (unpaired) electrons. The molecule has 0 saturated carbocycles. The number of nitrogens with zero attached hydrogens (tertiary/aromatic N) is 1. The van der Waals surface area contributed by atoms with Gasteiger partial charge in [0.25, 0.3) is 0 Å². The first-order valence-corrected chi connectivity index (χ1v) is 6.81. The zero-order valence-electron chi connectivity index (χ0n) is 10.8. The first kappa shape index (κ1) is 13.3. The molecular formula is C13H25NO3. The third-order valence-electron chi connectivity index (χ3n) is 3.80. The van der Waals surface area contributed by atoms with Crippen LogP contribution in [-0.4, -0.2) is 62.2 Å². The lowest BCUT2D eigenvalue weighted by Gasteiger charge is -2.29. The van der Waals surface area contributed by atoms with Crippen molar-refractivity contribution in [2.75, 3.05) is 40.0 Å². The van der Waals surface area contributed by atoms with Crippen LogP contribution in [-0.2, 0) is 9.47 Å². The highest BCUT2D eigenvalue weighted by Crippen LogP contribution is 2.18. The van der Waals surface area contributed by atoms with Crippen molar-refractivity contribution in [2.45, 2.75) is 37.9 Å². The maximum absolute atomic E-state index is 10.1. The number of ether oxygens (including phenoxy) is 2. The van der Waals surface area contributed by atoms with E-state index in [2.05, 4.69) is 11.9 Å². The van der Waals surface area contributed by atoms with Crippen molar-refractivity contribution in [3.63, 3.8) is 0 Å². The van der Waals surface area contributed by atoms with Gasteiger partial charge in [0.1, 0.15) is 0 Å². The van der Waals surface area contributed by atoms with Gasteiger partial charge in [-0.3, -0.25) is 0 Å². The van der Waals surface area contributed by atoms with E-state index < -0.39 is 0 Å². The van der Waals surface area contributed by atoms with Crippen LogP contribution in [0, 0.1) is 5.92 Å². The molecule has 2 heterocycles. The summed E-state index contributed by atoms with van der Waals surface area (Å²) in [5.41, 5.74) is 0. The van der Waals surface area contributed by atoms with Crippen LogP contribution in [0.5, 0.6) is 0 Å². The number of aliphatic hydroxyl groups is 1. The van der Waals surface area contributed by atoms with Gasteiger partial charge in [-0.05, 0) is 32.7 Å². The normalized spacial score (nSPS) is 31.9. The maximum Gasteiger partial charge on any atom is 0.0717 e. The second-order valence-electron chi connectivity index (χ2n) is 5.40. The largest absolute Gasteiger partial charge is 0.391 e. The Labute approximate surface area is 104 Å². The quantitative estimate of drug-likeness (QED) is 0.778. The number of hydrogen-bond donors (Lipinski definition) is 1. The monoisotopic (exact) mass is 243 g/mol. The molecule has 0 bridgehead atoms. The van der Waals surface area contributed by atoms with E-state index in [1.165, 1.54) is 12.8 Å². The molecule has 2 aliphatic heterocycles. The fourth-order valence-electron chi connectivity index (χ4n) is 2.70. The lowest BCUT2D eigenvalue weighted by molar-refractivity contribution is -0.0128. The molecule has 4 nitrogen and oxygen atoms in total. The predicted octanol–water partition coefficient (Wildman–Crippen LogP) is 0.885. The third kappa shape index (κ3) is 4.21. The van der Waals surface area contributed by atoms with Crippen molar-refractivity contribution in [3.8, 4) is 0 Å². The average molecular weight is 243 g/mol. The minimum Gasteiger partial charge on any atom is -0.391 e. The van der Waals surface area contributed by atoms with Crippen LogP contribution in [0.25, 0.3) is 0 Å². The number of rotatable bonds is 5. The molecule has 2 aliphatic rings. The Kier molecular flexibility index (Phi) is 5.22. The van der Waals surface area contributed by atoms with Crippen LogP contribution in [0.4, 0.5) is 0 Å². The molecular weight excluding hydrogens is 218 g/mol. The molecule has 1 N–H and O–H groups in total. The van der Waals surface area contributed by atoms with E-state index in [9.17, 15) is 5.11 Å². The van der Waals surface area contributed by atoms with Crippen LogP contribution in [0.2, 0.25) is 0 Å². The molecule has 2 saturated heterocycles. The highest BCUT2D eigenvalue weighted by atomic mass is 16.5. The molecule has 2 rings (SSSR count). The maximum atomic E-state index is 10.1. The Morgan fingerprint density at radius 3 is 2.82 bits per heavy atom. The first-order chi connectivity index (χ1) is 8.25. The molecule has 100 valence electrons. The van der Waals surface area contributed by atoms with E-state index in [4.69, 9.17) is 9.47 Å². The lowest BCUT2D eigenvalue weighted by atomic mass is 10.0. The Hall–Kier alpha value is -0.160. The molecule has 4 heteroatoms. The van der Waals surface area contributed by atoms with Gasteiger partial charge in [-0.25, -0.2) is 0 Å². The standard InChI is InChI=1S/C13H25NO3/c1-14(8-12-4-2-3-6-17-12)9-13(15)11-5-7-16-10-11/h11-13,15H,2-10H2,1H3. The molecule has 0 amide bonds. The molecule has 0 aliphatic carbocycles. The molecule has 2 fully saturated rings. The summed E-state index contributed by atoms with van der Waals surface area (Å²) in [6, 6.07) is 0. The molecule has 0 spiro atoms. The third-order valence-corrected chi connectivity index (χ3v) is 3.80. The van der Waals surface area contributed by atoms with Gasteiger partial charge in [0.15, 0.2) is 0 Å². The van der Waals surface area contributed by atoms with E-state index in [1.807, 2.05) is 0 Å². The van der Waals surface area contributed by atoms with E-state index in [0.29, 0.717) is 12.0 Å². The van der Waals surface area contributed by atoms with Crippen LogP contribution < -0.4 is 0 Å². The number of hydrogen-bond acceptors (Lipinski definition) is 4. The number of likely N-dealkylation sites (N-methyl/N-ethyl adjacent to an activating group) is 1. The molecule has 0 aromatic carbocycles. The first-order valence-electron chi connectivity index (χ1n) is 6.81. The summed E-state index contributed by atoms with van der Waals surface area (Å²) in [5, 5.41) is 10.1. The van der Waals surface area contributed by atoms with Gasteiger partial charge in [-0.2, -0.15) is 0 Å². The Morgan fingerprint density at radius 2 is 2.18 bits per heavy atom. The topological polar surface area (TPSA) is 41.9 Å². The summed E-state index contributed by atoms with van der Waals surface area (Å²) < 4.78 is 11.0. The van der Waals surface area contributed by atoms with Crippen molar-refractivity contribution in [1.82, 2.24) is 4.90 Å². The minimum absolute atomic E-state index is 0.258. The Morgan fingerprint density at radius 1 is 1.29 bits per heavy atom. The van der Waals surface area contributed by atoms with Gasteiger partial charge >= 0.3 is 0 Å². The summed E-state index contributed by atoms with van der Waals surface area (Å²) in [5.74, 6) is 0.324. The van der Waals surface area contributed by atoms with Crippen molar-refractivity contribution < 1.29 is 14.6 Å². The smallest absolute Gasteiger partial charge is 0.0717 e. The fraction of sp³-hybridized carbons (Fsp3) is 1.00. The second kappa shape index (κ2) is 6.69. The predicted molar refractivity (Wildman–Crippen MR) is 66.0 cm³/mol. The van der Waals surface area contributed by atoms with Crippen molar-refractivity contribution >= 4 is 0 Å². The van der Waals surface area contributed by atoms with Crippen LogP contribution >= 0.6 is 0 Å². The van der Waals surface area contributed by atoms with Gasteiger partial charge < -0.3 is 19.5 Å². The van der Waals surface area contributed by atoms with Gasteiger partial charge in [0.05, 0.1) is 18.8 Å². The van der Waals surface area contributed by atoms with E-state index in [-0.39, 0.29) is 6.10 Å². The Bertz CT molecular complexity index is 213. The van der Waals surface area contributed by atoms with Gasteiger partial charge in [-0.1, -0.05) is 0 Å². The summed E-state index contributed by atoms with van der Waals surface area (Å²) in [6.45, 7) is 4.09. The fourth-order valence-corrected chi connectivity index (χ4v) is 2.70. The summed E-state index contributed by atoms with van der Waals surface area (Å²) in [7, 11) is 2.07. The van der Waals surface area contributed by atoms with Crippen molar-refractivity contribution in [1.29, 1.82) is 0 Å². The average Bonchev–Trinajstić information content (AvgIpc) is 2.83. The van der Waals surface area contributed by atoms with Crippen LogP contribution in [0.15, 0.2) is 0 Å². The van der Waals surface area contributed by atoms with Gasteiger partial charge in [-0.15, -0.1) is 0 Å². The molecule has 17 heavy (non-hydrogen) atoms. The van der Waals surface area contributed by atoms with Crippen molar-refractivity contribution in [3.05, 3.63) is 0 Å². The summed E-state index contributed by atoms with van der Waals surface area (Å²) >= 11 is 0. The second-order valence-corrected chi connectivity index (χ2v) is 5.40. The Balaban J connectivity index is 1.66. The zero-order valence-corrected chi connectivity index (χ0v) is 10.8. The number of aliphatic hydroxyl groups excluding tert-OH is 1. The van der Waals surface area contributed by atoms with E-state index in [1.54, 1.807) is 0 Å². The van der Waals surface area contributed by atoms with Gasteiger partial charge in [0, 0.05) is 32.2 Å². The van der Waals surface area contributed by atoms with Crippen LogP contribution in [0.1, 0.15) is 25.7 Å². The molecule has 3 unspecified atom stereocenters.